The van der Waals surface area contributed by atoms with Gasteiger partial charge in [0.25, 0.3) is 0 Å². The standard InChI is InChI=1S/C8H9F2N.ClH/c1-5(11)7-4-6(9)2-3-8(7)10;/h2-5H,11H2,1H3;1H/t5-;/m0./s1. The van der Waals surface area contributed by atoms with Crippen molar-refractivity contribution >= 4 is 12.4 Å². The highest BCUT2D eigenvalue weighted by Gasteiger charge is 2.06. The van der Waals surface area contributed by atoms with Crippen molar-refractivity contribution in [2.24, 2.45) is 5.73 Å². The molecule has 0 aromatic heterocycles. The topological polar surface area (TPSA) is 26.0 Å². The van der Waals surface area contributed by atoms with Crippen molar-refractivity contribution in [1.29, 1.82) is 0 Å². The van der Waals surface area contributed by atoms with Crippen molar-refractivity contribution in [2.45, 2.75) is 13.0 Å². The maximum atomic E-state index is 12.8. The van der Waals surface area contributed by atoms with Gasteiger partial charge < -0.3 is 5.73 Å². The summed E-state index contributed by atoms with van der Waals surface area (Å²) in [5.74, 6) is -0.917. The highest BCUT2D eigenvalue weighted by Crippen LogP contribution is 2.15. The zero-order valence-electron chi connectivity index (χ0n) is 6.55. The molecule has 1 aromatic rings. The Kier molecular flexibility index (Phi) is 4.13. The zero-order valence-corrected chi connectivity index (χ0v) is 7.37. The maximum Gasteiger partial charge on any atom is 0.128 e. The highest BCUT2D eigenvalue weighted by atomic mass is 35.5. The Labute approximate surface area is 76.0 Å². The number of benzene rings is 1. The molecule has 4 heteroatoms. The van der Waals surface area contributed by atoms with Crippen LogP contribution >= 0.6 is 12.4 Å². The van der Waals surface area contributed by atoms with E-state index in [0.29, 0.717) is 0 Å². The van der Waals surface area contributed by atoms with Crippen molar-refractivity contribution in [3.05, 3.63) is 35.4 Å². The molecule has 0 bridgehead atoms. The van der Waals surface area contributed by atoms with Crippen LogP contribution in [0.25, 0.3) is 0 Å². The third-order valence-corrected chi connectivity index (χ3v) is 1.45. The van der Waals surface area contributed by atoms with E-state index in [9.17, 15) is 8.78 Å². The molecule has 0 saturated carbocycles. The second-order valence-electron chi connectivity index (χ2n) is 2.45. The summed E-state index contributed by atoms with van der Waals surface area (Å²) in [5.41, 5.74) is 5.59. The molecule has 0 saturated heterocycles. The lowest BCUT2D eigenvalue weighted by Gasteiger charge is -2.05. The fraction of sp³-hybridized carbons (Fsp3) is 0.250. The summed E-state index contributed by atoms with van der Waals surface area (Å²) >= 11 is 0. The average molecular weight is 194 g/mol. The molecule has 0 aliphatic rings. The summed E-state index contributed by atoms with van der Waals surface area (Å²) in [6, 6.07) is 2.79. The molecule has 0 fully saturated rings. The minimum Gasteiger partial charge on any atom is -0.324 e. The number of hydrogen-bond acceptors (Lipinski definition) is 1. The molecule has 0 aliphatic heterocycles. The van der Waals surface area contributed by atoms with Gasteiger partial charge in [0.1, 0.15) is 11.6 Å². The Balaban J connectivity index is 0.00000121. The first kappa shape index (κ1) is 11.3. The van der Waals surface area contributed by atoms with Crippen molar-refractivity contribution in [1.82, 2.24) is 0 Å². The van der Waals surface area contributed by atoms with Gasteiger partial charge in [-0.25, -0.2) is 8.78 Å². The van der Waals surface area contributed by atoms with Crippen molar-refractivity contribution in [2.75, 3.05) is 0 Å². The van der Waals surface area contributed by atoms with Gasteiger partial charge in [-0.3, -0.25) is 0 Å². The number of halogens is 3. The number of nitrogens with two attached hydrogens (primary N) is 1. The molecule has 0 spiro atoms. The molecule has 0 amide bonds. The van der Waals surface area contributed by atoms with Gasteiger partial charge in [-0.1, -0.05) is 0 Å². The van der Waals surface area contributed by atoms with E-state index in [0.717, 1.165) is 18.2 Å². The van der Waals surface area contributed by atoms with Crippen molar-refractivity contribution < 1.29 is 8.78 Å². The van der Waals surface area contributed by atoms with Crippen LogP contribution in [0.15, 0.2) is 18.2 Å². The van der Waals surface area contributed by atoms with Crippen LogP contribution < -0.4 is 5.73 Å². The molecule has 0 aliphatic carbocycles. The maximum absolute atomic E-state index is 12.8. The Hall–Kier alpha value is -0.670. The Morgan fingerprint density at radius 1 is 1.33 bits per heavy atom. The molecule has 1 atom stereocenters. The molecule has 12 heavy (non-hydrogen) atoms. The van der Waals surface area contributed by atoms with E-state index in [1.807, 2.05) is 0 Å². The summed E-state index contributed by atoms with van der Waals surface area (Å²) in [4.78, 5) is 0. The van der Waals surface area contributed by atoms with E-state index in [-0.39, 0.29) is 18.0 Å². The first-order chi connectivity index (χ1) is 5.11. The average Bonchev–Trinajstić information content (AvgIpc) is 1.94. The van der Waals surface area contributed by atoms with Gasteiger partial charge in [0, 0.05) is 11.6 Å². The van der Waals surface area contributed by atoms with E-state index in [1.165, 1.54) is 0 Å². The Bertz CT molecular complexity index is 263. The summed E-state index contributed by atoms with van der Waals surface area (Å²) in [5, 5.41) is 0. The smallest absolute Gasteiger partial charge is 0.128 e. The largest absolute Gasteiger partial charge is 0.324 e. The molecule has 1 nitrogen and oxygen atoms in total. The molecular weight excluding hydrogens is 184 g/mol. The van der Waals surface area contributed by atoms with Gasteiger partial charge in [0.05, 0.1) is 0 Å². The predicted octanol–water partition coefficient (Wildman–Crippen LogP) is 2.41. The van der Waals surface area contributed by atoms with Crippen LogP contribution in [0.3, 0.4) is 0 Å². The first-order valence-corrected chi connectivity index (χ1v) is 3.32. The monoisotopic (exact) mass is 193 g/mol. The predicted molar refractivity (Wildman–Crippen MR) is 46.2 cm³/mol. The van der Waals surface area contributed by atoms with Crippen molar-refractivity contribution in [3.63, 3.8) is 0 Å². The van der Waals surface area contributed by atoms with Gasteiger partial charge in [0.15, 0.2) is 0 Å². The van der Waals surface area contributed by atoms with E-state index < -0.39 is 17.7 Å². The Morgan fingerprint density at radius 2 is 1.92 bits per heavy atom. The molecule has 0 radical (unpaired) electrons. The lowest BCUT2D eigenvalue weighted by Crippen LogP contribution is -2.07. The third kappa shape index (κ3) is 2.43. The van der Waals surface area contributed by atoms with Crippen LogP contribution in [0.1, 0.15) is 18.5 Å². The molecule has 1 aromatic carbocycles. The summed E-state index contributed by atoms with van der Waals surface area (Å²) in [6.07, 6.45) is 0. The SMILES string of the molecule is C[C@H](N)c1cc(F)ccc1F.Cl. The normalized spacial score (nSPS) is 12.0. The van der Waals surface area contributed by atoms with Gasteiger partial charge in [0.2, 0.25) is 0 Å². The fourth-order valence-corrected chi connectivity index (χ4v) is 0.864. The number of hydrogen-bond donors (Lipinski definition) is 1. The number of rotatable bonds is 1. The van der Waals surface area contributed by atoms with Crippen LogP contribution in [0, 0.1) is 11.6 Å². The molecule has 2 N–H and O–H groups in total. The molecule has 1 rings (SSSR count). The van der Waals surface area contributed by atoms with Crippen LogP contribution in [0.4, 0.5) is 8.78 Å². The van der Waals surface area contributed by atoms with Gasteiger partial charge in [-0.05, 0) is 25.1 Å². The Morgan fingerprint density at radius 3 is 2.33 bits per heavy atom. The summed E-state index contributed by atoms with van der Waals surface area (Å²) < 4.78 is 25.3. The van der Waals surface area contributed by atoms with E-state index in [2.05, 4.69) is 0 Å². The first-order valence-electron chi connectivity index (χ1n) is 3.32. The van der Waals surface area contributed by atoms with Crippen LogP contribution in [-0.2, 0) is 0 Å². The molecular formula is C8H10ClF2N. The molecule has 0 unspecified atom stereocenters. The molecule has 0 heterocycles. The lowest BCUT2D eigenvalue weighted by molar-refractivity contribution is 0.572. The third-order valence-electron chi connectivity index (χ3n) is 1.45. The van der Waals surface area contributed by atoms with E-state index in [4.69, 9.17) is 5.73 Å². The van der Waals surface area contributed by atoms with Crippen LogP contribution in [-0.4, -0.2) is 0 Å². The fourth-order valence-electron chi connectivity index (χ4n) is 0.864. The van der Waals surface area contributed by atoms with Crippen molar-refractivity contribution in [3.8, 4) is 0 Å². The van der Waals surface area contributed by atoms with Crippen LogP contribution in [0.5, 0.6) is 0 Å². The quantitative estimate of drug-likeness (QED) is 0.728. The van der Waals surface area contributed by atoms with E-state index in [1.54, 1.807) is 6.92 Å². The van der Waals surface area contributed by atoms with Gasteiger partial charge in [-0.2, -0.15) is 0 Å². The zero-order chi connectivity index (χ0) is 8.43. The minimum atomic E-state index is -0.467. The second kappa shape index (κ2) is 4.38. The van der Waals surface area contributed by atoms with Crippen LogP contribution in [0.2, 0.25) is 0 Å². The van der Waals surface area contributed by atoms with Gasteiger partial charge >= 0.3 is 0 Å². The second-order valence-corrected chi connectivity index (χ2v) is 2.45. The highest BCUT2D eigenvalue weighted by molar-refractivity contribution is 5.85. The van der Waals surface area contributed by atoms with Gasteiger partial charge in [-0.15, -0.1) is 12.4 Å². The summed E-state index contributed by atoms with van der Waals surface area (Å²) in [7, 11) is 0. The lowest BCUT2D eigenvalue weighted by atomic mass is 10.1. The minimum absolute atomic E-state index is 0. The summed E-state index contributed by atoms with van der Waals surface area (Å²) in [6.45, 7) is 1.61. The molecule has 68 valence electrons. The van der Waals surface area contributed by atoms with E-state index >= 15 is 0 Å².